The molecule has 0 N–H and O–H groups in total. The first kappa shape index (κ1) is 15.2. The highest BCUT2D eigenvalue weighted by atomic mass is 16.7. The summed E-state index contributed by atoms with van der Waals surface area (Å²) in [6.45, 7) is 6.25. The fraction of sp³-hybridized carbons (Fsp3) is 0.500. The van der Waals surface area contributed by atoms with Crippen molar-refractivity contribution >= 4 is 11.7 Å². The lowest BCUT2D eigenvalue weighted by molar-refractivity contribution is -0.385. The van der Waals surface area contributed by atoms with Gasteiger partial charge in [-0.1, -0.05) is 6.07 Å². The largest absolute Gasteiger partial charge is 0.487 e. The topological polar surface area (TPSA) is 81.9 Å². The molecule has 0 bridgehead atoms. The van der Waals surface area contributed by atoms with Crippen molar-refractivity contribution in [3.8, 4) is 5.75 Å². The van der Waals surface area contributed by atoms with Crippen molar-refractivity contribution in [3.63, 3.8) is 0 Å². The normalized spacial score (nSPS) is 16.1. The van der Waals surface area contributed by atoms with Crippen LogP contribution in [0.3, 0.4) is 0 Å². The van der Waals surface area contributed by atoms with Crippen LogP contribution in [0.2, 0.25) is 0 Å². The molecule has 0 amide bonds. The van der Waals surface area contributed by atoms with E-state index in [1.54, 1.807) is 32.9 Å². The number of ether oxygens (including phenoxy) is 1. The highest BCUT2D eigenvalue weighted by Crippen LogP contribution is 2.24. The molecule has 21 heavy (non-hydrogen) atoms. The predicted molar refractivity (Wildman–Crippen MR) is 74.6 cm³/mol. The number of rotatable bonds is 4. The van der Waals surface area contributed by atoms with Gasteiger partial charge in [0.05, 0.1) is 29.5 Å². The van der Waals surface area contributed by atoms with Crippen molar-refractivity contribution in [1.82, 2.24) is 5.06 Å². The summed E-state index contributed by atoms with van der Waals surface area (Å²) in [5, 5.41) is 12.2. The van der Waals surface area contributed by atoms with Crippen molar-refractivity contribution in [3.05, 3.63) is 34.4 Å². The Hall–Kier alpha value is -2.15. The third-order valence-corrected chi connectivity index (χ3v) is 2.97. The SMILES string of the molecule is CC(C)(C)C(=O)ON1CC(Oc2cccc([N+](=O)[O-])c2)C1. The molecular weight excluding hydrogens is 276 g/mol. The zero-order valence-electron chi connectivity index (χ0n) is 12.2. The van der Waals surface area contributed by atoms with E-state index in [1.165, 1.54) is 17.2 Å². The van der Waals surface area contributed by atoms with Gasteiger partial charge in [0.15, 0.2) is 0 Å². The Morgan fingerprint density at radius 2 is 2.05 bits per heavy atom. The Labute approximate surface area is 122 Å². The molecule has 0 atom stereocenters. The first-order chi connectivity index (χ1) is 9.75. The highest BCUT2D eigenvalue weighted by Gasteiger charge is 2.35. The Morgan fingerprint density at radius 3 is 2.62 bits per heavy atom. The lowest BCUT2D eigenvalue weighted by Gasteiger charge is -2.37. The van der Waals surface area contributed by atoms with Crippen LogP contribution in [0, 0.1) is 15.5 Å². The zero-order chi connectivity index (χ0) is 15.6. The fourth-order valence-corrected chi connectivity index (χ4v) is 1.67. The lowest BCUT2D eigenvalue weighted by atomic mass is 9.98. The number of hydrogen-bond donors (Lipinski definition) is 0. The molecule has 1 fully saturated rings. The summed E-state index contributed by atoms with van der Waals surface area (Å²) in [6.07, 6.45) is -0.139. The van der Waals surface area contributed by atoms with Gasteiger partial charge in [-0.2, -0.15) is 0 Å². The summed E-state index contributed by atoms with van der Waals surface area (Å²) >= 11 is 0. The summed E-state index contributed by atoms with van der Waals surface area (Å²) in [7, 11) is 0. The molecule has 2 rings (SSSR count). The molecule has 0 spiro atoms. The van der Waals surface area contributed by atoms with E-state index in [4.69, 9.17) is 9.57 Å². The van der Waals surface area contributed by atoms with Crippen LogP contribution in [0.15, 0.2) is 24.3 Å². The molecule has 7 heteroatoms. The Balaban J connectivity index is 1.82. The van der Waals surface area contributed by atoms with Crippen LogP contribution in [0.4, 0.5) is 5.69 Å². The van der Waals surface area contributed by atoms with E-state index in [1.807, 2.05) is 0 Å². The number of carbonyl (C=O) groups excluding carboxylic acids is 1. The second-order valence-electron chi connectivity index (χ2n) is 5.97. The van der Waals surface area contributed by atoms with Crippen molar-refractivity contribution in [2.24, 2.45) is 5.41 Å². The van der Waals surface area contributed by atoms with Crippen LogP contribution < -0.4 is 4.74 Å². The van der Waals surface area contributed by atoms with Crippen molar-refractivity contribution in [2.75, 3.05) is 13.1 Å². The molecule has 0 aliphatic carbocycles. The molecule has 0 saturated carbocycles. The van der Waals surface area contributed by atoms with Gasteiger partial charge >= 0.3 is 5.97 Å². The maximum Gasteiger partial charge on any atom is 0.330 e. The van der Waals surface area contributed by atoms with E-state index in [0.717, 1.165) is 0 Å². The first-order valence-electron chi connectivity index (χ1n) is 6.64. The van der Waals surface area contributed by atoms with Crippen LogP contribution >= 0.6 is 0 Å². The van der Waals surface area contributed by atoms with Gasteiger partial charge in [0, 0.05) is 6.07 Å². The highest BCUT2D eigenvalue weighted by molar-refractivity contribution is 5.75. The van der Waals surface area contributed by atoms with Gasteiger partial charge in [0.1, 0.15) is 11.9 Å². The van der Waals surface area contributed by atoms with Crippen LogP contribution in [-0.2, 0) is 9.63 Å². The van der Waals surface area contributed by atoms with E-state index < -0.39 is 10.3 Å². The maximum absolute atomic E-state index is 11.7. The zero-order valence-corrected chi connectivity index (χ0v) is 12.2. The molecule has 0 radical (unpaired) electrons. The molecule has 114 valence electrons. The summed E-state index contributed by atoms with van der Waals surface area (Å²) in [4.78, 5) is 27.1. The van der Waals surface area contributed by atoms with Gasteiger partial charge in [0.2, 0.25) is 0 Å². The van der Waals surface area contributed by atoms with Crippen LogP contribution in [0.5, 0.6) is 5.75 Å². The molecule has 1 aromatic rings. The molecule has 1 aromatic carbocycles. The number of non-ortho nitro benzene ring substituents is 1. The molecule has 1 saturated heterocycles. The average molecular weight is 294 g/mol. The van der Waals surface area contributed by atoms with Gasteiger partial charge < -0.3 is 9.57 Å². The average Bonchev–Trinajstić information content (AvgIpc) is 2.35. The van der Waals surface area contributed by atoms with Gasteiger partial charge in [-0.05, 0) is 26.8 Å². The van der Waals surface area contributed by atoms with E-state index >= 15 is 0 Å². The third-order valence-electron chi connectivity index (χ3n) is 2.97. The van der Waals surface area contributed by atoms with Crippen molar-refractivity contribution < 1.29 is 19.3 Å². The molecule has 1 aliphatic heterocycles. The number of nitro benzene ring substituents is 1. The molecule has 1 heterocycles. The van der Waals surface area contributed by atoms with Gasteiger partial charge in [-0.3, -0.25) is 10.1 Å². The Morgan fingerprint density at radius 1 is 1.38 bits per heavy atom. The number of benzene rings is 1. The first-order valence-corrected chi connectivity index (χ1v) is 6.64. The van der Waals surface area contributed by atoms with E-state index in [2.05, 4.69) is 0 Å². The second kappa shape index (κ2) is 5.69. The molecule has 0 unspecified atom stereocenters. The Bertz CT molecular complexity index is 547. The number of carbonyl (C=O) groups is 1. The van der Waals surface area contributed by atoms with E-state index in [9.17, 15) is 14.9 Å². The number of hydroxylamine groups is 2. The molecule has 7 nitrogen and oxygen atoms in total. The smallest absolute Gasteiger partial charge is 0.330 e. The fourth-order valence-electron chi connectivity index (χ4n) is 1.67. The predicted octanol–water partition coefficient (Wildman–Crippen LogP) is 2.16. The summed E-state index contributed by atoms with van der Waals surface area (Å²) in [5.74, 6) is 0.146. The van der Waals surface area contributed by atoms with E-state index in [-0.39, 0.29) is 17.8 Å². The summed E-state index contributed by atoms with van der Waals surface area (Å²) < 4.78 is 5.60. The summed E-state index contributed by atoms with van der Waals surface area (Å²) in [6, 6.07) is 6.02. The standard InChI is InChI=1S/C14H18N2O5/c1-14(2,3)13(17)21-15-8-12(9-15)20-11-6-4-5-10(7-11)16(18)19/h4-7,12H,8-9H2,1-3H3. The number of nitrogens with zero attached hydrogens (tertiary/aromatic N) is 2. The van der Waals surface area contributed by atoms with Crippen LogP contribution in [0.1, 0.15) is 20.8 Å². The number of hydrogen-bond acceptors (Lipinski definition) is 6. The van der Waals surface area contributed by atoms with Gasteiger partial charge in [-0.25, -0.2) is 4.79 Å². The maximum atomic E-state index is 11.7. The molecular formula is C14H18N2O5. The second-order valence-corrected chi connectivity index (χ2v) is 5.97. The van der Waals surface area contributed by atoms with E-state index in [0.29, 0.717) is 18.8 Å². The minimum atomic E-state index is -0.550. The van der Waals surface area contributed by atoms with Gasteiger partial charge in [-0.15, -0.1) is 5.06 Å². The molecule has 1 aliphatic rings. The minimum Gasteiger partial charge on any atom is -0.487 e. The van der Waals surface area contributed by atoms with Gasteiger partial charge in [0.25, 0.3) is 5.69 Å². The quantitative estimate of drug-likeness (QED) is 0.625. The van der Waals surface area contributed by atoms with Crippen molar-refractivity contribution in [2.45, 2.75) is 26.9 Å². The minimum absolute atomic E-state index is 0.0113. The monoisotopic (exact) mass is 294 g/mol. The Kier molecular flexibility index (Phi) is 4.13. The lowest BCUT2D eigenvalue weighted by Crippen LogP contribution is -2.55. The summed E-state index contributed by atoms with van der Waals surface area (Å²) in [5.41, 5.74) is -0.561. The van der Waals surface area contributed by atoms with Crippen LogP contribution in [0.25, 0.3) is 0 Å². The van der Waals surface area contributed by atoms with Crippen LogP contribution in [-0.4, -0.2) is 35.1 Å². The number of nitro groups is 1. The molecule has 0 aromatic heterocycles. The third kappa shape index (κ3) is 3.91. The van der Waals surface area contributed by atoms with Crippen molar-refractivity contribution in [1.29, 1.82) is 0 Å².